The molecule has 0 radical (unpaired) electrons. The van der Waals surface area contributed by atoms with Gasteiger partial charge in [0.25, 0.3) is 0 Å². The Morgan fingerprint density at radius 3 is 2.52 bits per heavy atom. The van der Waals surface area contributed by atoms with Gasteiger partial charge in [-0.05, 0) is 29.8 Å². The molecule has 5 nitrogen and oxygen atoms in total. The molecule has 0 saturated heterocycles. The molecule has 6 heteroatoms. The lowest BCUT2D eigenvalue weighted by atomic mass is 10.2. The highest BCUT2D eigenvalue weighted by molar-refractivity contribution is 6.30. The molecule has 1 aromatic carbocycles. The molecule has 0 aliphatic heterocycles. The third-order valence-electron chi connectivity index (χ3n) is 2.90. The molecule has 104 valence electrons. The summed E-state index contributed by atoms with van der Waals surface area (Å²) in [4.78, 5) is 8.42. The fourth-order valence-electron chi connectivity index (χ4n) is 1.82. The first-order chi connectivity index (χ1) is 10.3. The van der Waals surface area contributed by atoms with Crippen LogP contribution in [0.25, 0.3) is 11.3 Å². The fourth-order valence-corrected chi connectivity index (χ4v) is 1.95. The van der Waals surface area contributed by atoms with Gasteiger partial charge in [-0.3, -0.25) is 4.98 Å². The Morgan fingerprint density at radius 2 is 1.76 bits per heavy atom. The van der Waals surface area contributed by atoms with Gasteiger partial charge in [0.15, 0.2) is 0 Å². The number of hydrogen-bond acceptors (Lipinski definition) is 5. The predicted molar refractivity (Wildman–Crippen MR) is 81.8 cm³/mol. The number of nitrogens with one attached hydrogen (secondary N) is 1. The van der Waals surface area contributed by atoms with Gasteiger partial charge in [0, 0.05) is 29.5 Å². The highest BCUT2D eigenvalue weighted by atomic mass is 35.5. The number of benzene rings is 1. The molecule has 0 spiro atoms. The number of anilines is 1. The van der Waals surface area contributed by atoms with E-state index in [0.29, 0.717) is 17.5 Å². The minimum atomic E-state index is 0.485. The summed E-state index contributed by atoms with van der Waals surface area (Å²) in [5.74, 6) is 0.485. The van der Waals surface area contributed by atoms with Crippen LogP contribution in [-0.4, -0.2) is 20.2 Å². The van der Waals surface area contributed by atoms with E-state index in [2.05, 4.69) is 25.5 Å². The van der Waals surface area contributed by atoms with E-state index < -0.39 is 0 Å². The Hall–Kier alpha value is -2.53. The number of aromatic nitrogens is 4. The summed E-state index contributed by atoms with van der Waals surface area (Å²) in [6.07, 6.45) is 5.13. The van der Waals surface area contributed by atoms with Crippen LogP contribution < -0.4 is 5.32 Å². The first-order valence-corrected chi connectivity index (χ1v) is 6.77. The van der Waals surface area contributed by atoms with Crippen LogP contribution in [0.1, 0.15) is 5.56 Å². The summed E-state index contributed by atoms with van der Waals surface area (Å²) < 4.78 is 0. The van der Waals surface area contributed by atoms with E-state index in [0.717, 1.165) is 16.8 Å². The Balaban J connectivity index is 1.75. The van der Waals surface area contributed by atoms with Crippen LogP contribution in [0.2, 0.25) is 5.02 Å². The summed E-state index contributed by atoms with van der Waals surface area (Å²) >= 11 is 5.88. The SMILES string of the molecule is Clc1ccc(-c2cnnc(NCc3ccncc3)n2)cc1. The van der Waals surface area contributed by atoms with E-state index in [1.807, 2.05) is 36.4 Å². The molecule has 0 fully saturated rings. The van der Waals surface area contributed by atoms with E-state index in [9.17, 15) is 0 Å². The second kappa shape index (κ2) is 6.28. The van der Waals surface area contributed by atoms with Gasteiger partial charge in [0.2, 0.25) is 5.95 Å². The summed E-state index contributed by atoms with van der Waals surface area (Å²) in [6, 6.07) is 11.3. The van der Waals surface area contributed by atoms with Gasteiger partial charge in [-0.2, -0.15) is 5.10 Å². The maximum absolute atomic E-state index is 5.88. The molecule has 2 aromatic heterocycles. The molecule has 21 heavy (non-hydrogen) atoms. The van der Waals surface area contributed by atoms with Crippen LogP contribution >= 0.6 is 11.6 Å². The van der Waals surface area contributed by atoms with Gasteiger partial charge in [0.05, 0.1) is 11.9 Å². The lowest BCUT2D eigenvalue weighted by Gasteiger charge is -2.06. The van der Waals surface area contributed by atoms with Crippen molar-refractivity contribution in [3.63, 3.8) is 0 Å². The minimum Gasteiger partial charge on any atom is -0.349 e. The fraction of sp³-hybridized carbons (Fsp3) is 0.0667. The standard InChI is InChI=1S/C15H12ClN5/c16-13-3-1-12(2-4-13)14-10-19-21-15(20-14)18-9-11-5-7-17-8-6-11/h1-8,10H,9H2,(H,18,20,21). The van der Waals surface area contributed by atoms with Crippen molar-refractivity contribution in [1.29, 1.82) is 0 Å². The summed E-state index contributed by atoms with van der Waals surface area (Å²) in [5, 5.41) is 11.8. The topological polar surface area (TPSA) is 63.6 Å². The molecule has 3 rings (SSSR count). The van der Waals surface area contributed by atoms with Crippen molar-refractivity contribution in [3.05, 3.63) is 65.6 Å². The van der Waals surface area contributed by atoms with Crippen molar-refractivity contribution in [2.45, 2.75) is 6.54 Å². The highest BCUT2D eigenvalue weighted by Crippen LogP contribution is 2.19. The minimum absolute atomic E-state index is 0.485. The van der Waals surface area contributed by atoms with Gasteiger partial charge in [-0.25, -0.2) is 4.98 Å². The third-order valence-corrected chi connectivity index (χ3v) is 3.15. The Kier molecular flexibility index (Phi) is 4.02. The van der Waals surface area contributed by atoms with Crippen LogP contribution in [0, 0.1) is 0 Å². The molecule has 0 unspecified atom stereocenters. The molecule has 0 bridgehead atoms. The van der Waals surface area contributed by atoms with Crippen LogP contribution in [-0.2, 0) is 6.54 Å². The molecule has 0 atom stereocenters. The van der Waals surface area contributed by atoms with Crippen LogP contribution in [0.5, 0.6) is 0 Å². The van der Waals surface area contributed by atoms with Gasteiger partial charge < -0.3 is 5.32 Å². The van der Waals surface area contributed by atoms with Gasteiger partial charge in [-0.15, -0.1) is 5.10 Å². The number of pyridine rings is 1. The molecule has 1 N–H and O–H groups in total. The van der Waals surface area contributed by atoms with Crippen molar-refractivity contribution < 1.29 is 0 Å². The summed E-state index contributed by atoms with van der Waals surface area (Å²) in [5.41, 5.74) is 2.80. The Labute approximate surface area is 127 Å². The zero-order valence-electron chi connectivity index (χ0n) is 11.1. The molecule has 3 aromatic rings. The van der Waals surface area contributed by atoms with Crippen LogP contribution in [0.4, 0.5) is 5.95 Å². The normalized spacial score (nSPS) is 10.3. The second-order valence-corrected chi connectivity index (χ2v) is 4.82. The first-order valence-electron chi connectivity index (χ1n) is 6.40. The number of nitrogens with zero attached hydrogens (tertiary/aromatic N) is 4. The van der Waals surface area contributed by atoms with E-state index in [1.54, 1.807) is 18.6 Å². The van der Waals surface area contributed by atoms with Gasteiger partial charge >= 0.3 is 0 Å². The molecule has 2 heterocycles. The second-order valence-electron chi connectivity index (χ2n) is 4.38. The van der Waals surface area contributed by atoms with E-state index in [4.69, 9.17) is 11.6 Å². The summed E-state index contributed by atoms with van der Waals surface area (Å²) in [7, 11) is 0. The monoisotopic (exact) mass is 297 g/mol. The number of hydrogen-bond donors (Lipinski definition) is 1. The van der Waals surface area contributed by atoms with Crippen molar-refractivity contribution >= 4 is 17.5 Å². The maximum atomic E-state index is 5.88. The van der Waals surface area contributed by atoms with Gasteiger partial charge in [0.1, 0.15) is 0 Å². The van der Waals surface area contributed by atoms with E-state index >= 15 is 0 Å². The van der Waals surface area contributed by atoms with E-state index in [-0.39, 0.29) is 0 Å². The average Bonchev–Trinajstić information content (AvgIpc) is 2.55. The quantitative estimate of drug-likeness (QED) is 0.801. The lowest BCUT2D eigenvalue weighted by Crippen LogP contribution is -2.05. The van der Waals surface area contributed by atoms with Crippen LogP contribution in [0.15, 0.2) is 55.0 Å². The summed E-state index contributed by atoms with van der Waals surface area (Å²) in [6.45, 7) is 0.619. The lowest BCUT2D eigenvalue weighted by molar-refractivity contribution is 0.948. The number of rotatable bonds is 4. The largest absolute Gasteiger partial charge is 0.349 e. The van der Waals surface area contributed by atoms with E-state index in [1.165, 1.54) is 0 Å². The molecular formula is C15H12ClN5. The molecular weight excluding hydrogens is 286 g/mol. The zero-order chi connectivity index (χ0) is 14.5. The van der Waals surface area contributed by atoms with Crippen molar-refractivity contribution in [1.82, 2.24) is 20.2 Å². The van der Waals surface area contributed by atoms with Crippen molar-refractivity contribution in [2.24, 2.45) is 0 Å². The number of halogens is 1. The molecule has 0 amide bonds. The molecule has 0 aliphatic carbocycles. The Bertz CT molecular complexity index is 716. The highest BCUT2D eigenvalue weighted by Gasteiger charge is 2.03. The van der Waals surface area contributed by atoms with Crippen molar-refractivity contribution in [3.8, 4) is 11.3 Å². The molecule has 0 saturated carbocycles. The third kappa shape index (κ3) is 3.52. The smallest absolute Gasteiger partial charge is 0.243 e. The predicted octanol–water partition coefficient (Wildman–Crippen LogP) is 3.20. The maximum Gasteiger partial charge on any atom is 0.243 e. The zero-order valence-corrected chi connectivity index (χ0v) is 11.8. The Morgan fingerprint density at radius 1 is 1.00 bits per heavy atom. The first kappa shape index (κ1) is 13.5. The van der Waals surface area contributed by atoms with Gasteiger partial charge in [-0.1, -0.05) is 23.7 Å². The molecule has 0 aliphatic rings. The average molecular weight is 298 g/mol. The van der Waals surface area contributed by atoms with Crippen molar-refractivity contribution in [2.75, 3.05) is 5.32 Å². The van der Waals surface area contributed by atoms with Crippen LogP contribution in [0.3, 0.4) is 0 Å².